The number of nitrogens with zero attached hydrogens (tertiary/aromatic N) is 2. The van der Waals surface area contributed by atoms with Gasteiger partial charge in [-0.15, -0.1) is 11.8 Å². The van der Waals surface area contributed by atoms with Gasteiger partial charge in [0.1, 0.15) is 0 Å². The molecule has 0 radical (unpaired) electrons. The van der Waals surface area contributed by atoms with Gasteiger partial charge >= 0.3 is 5.97 Å². The quantitative estimate of drug-likeness (QED) is 0.659. The molecule has 0 unspecified atom stereocenters. The fourth-order valence-electron chi connectivity index (χ4n) is 1.35. The van der Waals surface area contributed by atoms with Crippen LogP contribution < -0.4 is 0 Å². The zero-order valence-corrected chi connectivity index (χ0v) is 11.6. The van der Waals surface area contributed by atoms with Gasteiger partial charge in [-0.2, -0.15) is 0 Å². The van der Waals surface area contributed by atoms with Crippen LogP contribution in [-0.2, 0) is 9.59 Å². The van der Waals surface area contributed by atoms with Gasteiger partial charge in [0.05, 0.1) is 11.5 Å². The van der Waals surface area contributed by atoms with Gasteiger partial charge in [-0.25, -0.2) is 0 Å². The van der Waals surface area contributed by atoms with Crippen molar-refractivity contribution in [2.75, 3.05) is 45.2 Å². The van der Waals surface area contributed by atoms with E-state index in [1.807, 2.05) is 21.0 Å². The number of hydrogen-bond acceptors (Lipinski definition) is 4. The third-order valence-corrected chi connectivity index (χ3v) is 3.12. The van der Waals surface area contributed by atoms with Crippen LogP contribution in [0, 0.1) is 0 Å². The Morgan fingerprint density at radius 3 is 2.29 bits per heavy atom. The standard InChI is InChI=1S/C11H22N2O3S/c1-4-13(7-5-6-12(2)3)10(14)8-17-9-11(15)16/h4-9H2,1-3H3,(H,15,16). The number of carbonyl (C=O) groups excluding carboxylic acids is 1. The number of hydrogen-bond donors (Lipinski definition) is 1. The molecular weight excluding hydrogens is 240 g/mol. The van der Waals surface area contributed by atoms with Gasteiger partial charge in [-0.3, -0.25) is 9.59 Å². The lowest BCUT2D eigenvalue weighted by Crippen LogP contribution is -2.34. The Kier molecular flexibility index (Phi) is 8.89. The van der Waals surface area contributed by atoms with Gasteiger partial charge < -0.3 is 14.9 Å². The average Bonchev–Trinajstić information content (AvgIpc) is 2.23. The summed E-state index contributed by atoms with van der Waals surface area (Å²) in [6, 6.07) is 0. The minimum Gasteiger partial charge on any atom is -0.481 e. The molecule has 0 aliphatic rings. The summed E-state index contributed by atoms with van der Waals surface area (Å²) in [4.78, 5) is 25.9. The topological polar surface area (TPSA) is 60.9 Å². The molecule has 0 aliphatic carbocycles. The molecule has 5 nitrogen and oxygen atoms in total. The molecule has 17 heavy (non-hydrogen) atoms. The largest absolute Gasteiger partial charge is 0.481 e. The van der Waals surface area contributed by atoms with Crippen molar-refractivity contribution in [1.29, 1.82) is 0 Å². The summed E-state index contributed by atoms with van der Waals surface area (Å²) in [5.41, 5.74) is 0. The van der Waals surface area contributed by atoms with Crippen molar-refractivity contribution in [3.05, 3.63) is 0 Å². The second-order valence-corrected chi connectivity index (χ2v) is 5.00. The Morgan fingerprint density at radius 2 is 1.82 bits per heavy atom. The van der Waals surface area contributed by atoms with Crippen molar-refractivity contribution in [3.8, 4) is 0 Å². The van der Waals surface area contributed by atoms with E-state index in [1.54, 1.807) is 4.90 Å². The summed E-state index contributed by atoms with van der Waals surface area (Å²) < 4.78 is 0. The first-order valence-corrected chi connectivity index (χ1v) is 6.84. The predicted octanol–water partition coefficient (Wildman–Crippen LogP) is 0.604. The molecule has 6 heteroatoms. The molecule has 0 atom stereocenters. The van der Waals surface area contributed by atoms with Crippen LogP contribution in [-0.4, -0.2) is 72.0 Å². The van der Waals surface area contributed by atoms with Gasteiger partial charge in [-0.05, 0) is 34.0 Å². The van der Waals surface area contributed by atoms with Gasteiger partial charge in [0, 0.05) is 13.1 Å². The fraction of sp³-hybridized carbons (Fsp3) is 0.818. The van der Waals surface area contributed by atoms with Crippen LogP contribution in [0.15, 0.2) is 0 Å². The molecule has 0 saturated carbocycles. The monoisotopic (exact) mass is 262 g/mol. The molecule has 0 aliphatic heterocycles. The maximum Gasteiger partial charge on any atom is 0.313 e. The molecule has 0 rings (SSSR count). The maximum absolute atomic E-state index is 11.7. The highest BCUT2D eigenvalue weighted by Crippen LogP contribution is 2.03. The van der Waals surface area contributed by atoms with E-state index < -0.39 is 5.97 Å². The summed E-state index contributed by atoms with van der Waals surface area (Å²) in [6.45, 7) is 4.31. The normalized spacial score (nSPS) is 10.6. The van der Waals surface area contributed by atoms with Crippen molar-refractivity contribution in [2.45, 2.75) is 13.3 Å². The fourth-order valence-corrected chi connectivity index (χ4v) is 1.99. The molecule has 0 aromatic heterocycles. The van der Waals surface area contributed by atoms with Gasteiger partial charge in [-0.1, -0.05) is 0 Å². The van der Waals surface area contributed by atoms with Crippen LogP contribution in [0.2, 0.25) is 0 Å². The molecule has 0 spiro atoms. The highest BCUT2D eigenvalue weighted by atomic mass is 32.2. The number of carboxylic acids is 1. The van der Waals surface area contributed by atoms with Crippen LogP contribution in [0.25, 0.3) is 0 Å². The van der Waals surface area contributed by atoms with E-state index in [0.717, 1.165) is 31.3 Å². The van der Waals surface area contributed by atoms with Crippen LogP contribution >= 0.6 is 11.8 Å². The Balaban J connectivity index is 3.83. The van der Waals surface area contributed by atoms with Crippen LogP contribution in [0.1, 0.15) is 13.3 Å². The van der Waals surface area contributed by atoms with Crippen molar-refractivity contribution in [3.63, 3.8) is 0 Å². The van der Waals surface area contributed by atoms with E-state index in [0.29, 0.717) is 6.54 Å². The van der Waals surface area contributed by atoms with Gasteiger partial charge in [0.25, 0.3) is 0 Å². The number of thioether (sulfide) groups is 1. The van der Waals surface area contributed by atoms with E-state index in [9.17, 15) is 9.59 Å². The third-order valence-electron chi connectivity index (χ3n) is 2.22. The highest BCUT2D eigenvalue weighted by molar-refractivity contribution is 8.00. The van der Waals surface area contributed by atoms with Crippen molar-refractivity contribution in [1.82, 2.24) is 9.80 Å². The predicted molar refractivity (Wildman–Crippen MR) is 70.4 cm³/mol. The Bertz CT molecular complexity index is 247. The third kappa shape index (κ3) is 9.00. The van der Waals surface area contributed by atoms with Crippen LogP contribution in [0.4, 0.5) is 0 Å². The second-order valence-electron chi connectivity index (χ2n) is 4.02. The van der Waals surface area contributed by atoms with E-state index >= 15 is 0 Å². The molecule has 0 aromatic rings. The molecule has 100 valence electrons. The molecule has 0 bridgehead atoms. The van der Waals surface area contributed by atoms with Crippen LogP contribution in [0.3, 0.4) is 0 Å². The Hall–Kier alpha value is -0.750. The zero-order chi connectivity index (χ0) is 13.3. The summed E-state index contributed by atoms with van der Waals surface area (Å²) >= 11 is 1.15. The number of amides is 1. The Labute approximate surface area is 107 Å². The molecule has 1 amide bonds. The highest BCUT2D eigenvalue weighted by Gasteiger charge is 2.11. The summed E-state index contributed by atoms with van der Waals surface area (Å²) in [5.74, 6) is -0.612. The first kappa shape index (κ1) is 16.2. The van der Waals surface area contributed by atoms with Gasteiger partial charge in [0.15, 0.2) is 0 Å². The summed E-state index contributed by atoms with van der Waals surface area (Å²) in [5, 5.41) is 8.47. The molecule has 0 aromatic carbocycles. The molecular formula is C11H22N2O3S. The van der Waals surface area contributed by atoms with Crippen molar-refractivity contribution < 1.29 is 14.7 Å². The molecule has 0 fully saturated rings. The van der Waals surface area contributed by atoms with Crippen molar-refractivity contribution in [2.24, 2.45) is 0 Å². The van der Waals surface area contributed by atoms with Crippen LogP contribution in [0.5, 0.6) is 0 Å². The van der Waals surface area contributed by atoms with E-state index in [2.05, 4.69) is 4.90 Å². The van der Waals surface area contributed by atoms with E-state index in [-0.39, 0.29) is 17.4 Å². The molecule has 0 saturated heterocycles. The maximum atomic E-state index is 11.7. The SMILES string of the molecule is CCN(CCCN(C)C)C(=O)CSCC(=O)O. The number of aliphatic carboxylic acids is 1. The summed E-state index contributed by atoms with van der Waals surface area (Å²) in [6.07, 6.45) is 0.941. The lowest BCUT2D eigenvalue weighted by Gasteiger charge is -2.21. The molecule has 0 heterocycles. The zero-order valence-electron chi connectivity index (χ0n) is 10.8. The number of rotatable bonds is 9. The second kappa shape index (κ2) is 9.30. The van der Waals surface area contributed by atoms with E-state index in [1.165, 1.54) is 0 Å². The Morgan fingerprint density at radius 1 is 1.18 bits per heavy atom. The number of carboxylic acid groups (broad SMARTS) is 1. The average molecular weight is 262 g/mol. The smallest absolute Gasteiger partial charge is 0.313 e. The van der Waals surface area contributed by atoms with Gasteiger partial charge in [0.2, 0.25) is 5.91 Å². The first-order valence-electron chi connectivity index (χ1n) is 5.69. The van der Waals surface area contributed by atoms with E-state index in [4.69, 9.17) is 5.11 Å². The number of carbonyl (C=O) groups is 2. The summed E-state index contributed by atoms with van der Waals surface area (Å²) in [7, 11) is 4.00. The lowest BCUT2D eigenvalue weighted by molar-refractivity contribution is -0.133. The first-order chi connectivity index (χ1) is 7.97. The molecule has 1 N–H and O–H groups in total. The lowest BCUT2D eigenvalue weighted by atomic mass is 10.3. The van der Waals surface area contributed by atoms with Crippen molar-refractivity contribution >= 4 is 23.6 Å². The minimum atomic E-state index is -0.876. The minimum absolute atomic E-state index is 0.0129.